The molecule has 0 unspecified atom stereocenters. The standard InChI is InChI=1S/C19H21ClN6OS/c1-24-5-7-26(8-6-24)17-4-3-14(20)9-15(17)22-18(27)16-12-28-19(23-16)13-10-21-25(2)11-13/h3-4,9-12H,5-8H2,1-2H3,(H,22,27). The van der Waals surface area contributed by atoms with E-state index in [0.29, 0.717) is 16.4 Å². The van der Waals surface area contributed by atoms with E-state index in [1.165, 1.54) is 11.3 Å². The quantitative estimate of drug-likeness (QED) is 0.707. The normalized spacial score (nSPS) is 15.0. The van der Waals surface area contributed by atoms with Crippen molar-refractivity contribution in [1.29, 1.82) is 0 Å². The van der Waals surface area contributed by atoms with E-state index in [2.05, 4.69) is 32.2 Å². The predicted molar refractivity (Wildman–Crippen MR) is 113 cm³/mol. The molecule has 146 valence electrons. The second-order valence-electron chi connectivity index (χ2n) is 6.85. The van der Waals surface area contributed by atoms with E-state index in [-0.39, 0.29) is 5.91 Å². The molecular weight excluding hydrogens is 396 g/mol. The topological polar surface area (TPSA) is 66.3 Å². The molecule has 1 amide bonds. The van der Waals surface area contributed by atoms with E-state index in [1.54, 1.807) is 22.3 Å². The van der Waals surface area contributed by atoms with Crippen molar-refractivity contribution >= 4 is 40.2 Å². The number of anilines is 2. The maximum Gasteiger partial charge on any atom is 0.275 e. The highest BCUT2D eigenvalue weighted by atomic mass is 35.5. The summed E-state index contributed by atoms with van der Waals surface area (Å²) in [6, 6.07) is 5.61. The number of aryl methyl sites for hydroxylation is 1. The molecule has 0 bridgehead atoms. The molecule has 7 nitrogen and oxygen atoms in total. The molecule has 1 aromatic carbocycles. The van der Waals surface area contributed by atoms with Gasteiger partial charge in [-0.3, -0.25) is 9.48 Å². The van der Waals surface area contributed by atoms with Crippen molar-refractivity contribution in [3.8, 4) is 10.6 Å². The first-order valence-electron chi connectivity index (χ1n) is 8.98. The second kappa shape index (κ2) is 7.90. The van der Waals surface area contributed by atoms with Crippen molar-refractivity contribution in [2.75, 3.05) is 43.4 Å². The molecule has 3 aromatic rings. The first kappa shape index (κ1) is 18.9. The summed E-state index contributed by atoms with van der Waals surface area (Å²) >= 11 is 7.62. The van der Waals surface area contributed by atoms with Gasteiger partial charge in [-0.1, -0.05) is 11.6 Å². The van der Waals surface area contributed by atoms with Crippen molar-refractivity contribution in [3.63, 3.8) is 0 Å². The number of aromatic nitrogens is 3. The van der Waals surface area contributed by atoms with Gasteiger partial charge >= 0.3 is 0 Å². The molecule has 1 N–H and O–H groups in total. The number of hydrogen-bond acceptors (Lipinski definition) is 6. The Balaban J connectivity index is 1.54. The first-order chi connectivity index (χ1) is 13.5. The summed E-state index contributed by atoms with van der Waals surface area (Å²) in [5, 5.41) is 10.3. The van der Waals surface area contributed by atoms with E-state index in [0.717, 1.165) is 42.4 Å². The van der Waals surface area contributed by atoms with Crippen molar-refractivity contribution < 1.29 is 4.79 Å². The largest absolute Gasteiger partial charge is 0.367 e. The third-order valence-electron chi connectivity index (χ3n) is 4.74. The van der Waals surface area contributed by atoms with Crippen LogP contribution in [0.15, 0.2) is 36.0 Å². The van der Waals surface area contributed by atoms with Gasteiger partial charge in [0.25, 0.3) is 5.91 Å². The highest BCUT2D eigenvalue weighted by molar-refractivity contribution is 7.13. The third kappa shape index (κ3) is 4.04. The summed E-state index contributed by atoms with van der Waals surface area (Å²) < 4.78 is 1.71. The van der Waals surface area contributed by atoms with Gasteiger partial charge in [0.2, 0.25) is 0 Å². The monoisotopic (exact) mass is 416 g/mol. The lowest BCUT2D eigenvalue weighted by molar-refractivity contribution is 0.102. The Morgan fingerprint density at radius 3 is 2.71 bits per heavy atom. The van der Waals surface area contributed by atoms with Crippen molar-refractivity contribution in [2.45, 2.75) is 0 Å². The van der Waals surface area contributed by atoms with Crippen LogP contribution in [0.5, 0.6) is 0 Å². The molecule has 0 radical (unpaired) electrons. The van der Waals surface area contributed by atoms with Crippen LogP contribution >= 0.6 is 22.9 Å². The molecule has 1 aliphatic rings. The maximum atomic E-state index is 12.8. The number of amides is 1. The number of likely N-dealkylation sites (N-methyl/N-ethyl adjacent to an activating group) is 1. The SMILES string of the molecule is CN1CCN(c2ccc(Cl)cc2NC(=O)c2csc(-c3cnn(C)c3)n2)CC1. The first-order valence-corrected chi connectivity index (χ1v) is 10.2. The summed E-state index contributed by atoms with van der Waals surface area (Å²) in [7, 11) is 3.97. The minimum atomic E-state index is -0.246. The van der Waals surface area contributed by atoms with Crippen LogP contribution in [-0.2, 0) is 7.05 Å². The summed E-state index contributed by atoms with van der Waals surface area (Å²) in [4.78, 5) is 21.8. The van der Waals surface area contributed by atoms with Crippen LogP contribution in [0.25, 0.3) is 10.6 Å². The molecule has 1 fully saturated rings. The van der Waals surface area contributed by atoms with Gasteiger partial charge in [0.15, 0.2) is 0 Å². The molecular formula is C19H21ClN6OS. The number of halogens is 1. The van der Waals surface area contributed by atoms with Gasteiger partial charge in [0.05, 0.1) is 17.6 Å². The summed E-state index contributed by atoms with van der Waals surface area (Å²) in [5.41, 5.74) is 2.96. The number of nitrogens with zero attached hydrogens (tertiary/aromatic N) is 5. The van der Waals surface area contributed by atoms with Crippen molar-refractivity contribution in [1.82, 2.24) is 19.7 Å². The third-order valence-corrected chi connectivity index (χ3v) is 5.87. The zero-order valence-electron chi connectivity index (χ0n) is 15.7. The fourth-order valence-corrected chi connectivity index (χ4v) is 4.11. The molecule has 28 heavy (non-hydrogen) atoms. The molecule has 2 aromatic heterocycles. The van der Waals surface area contributed by atoms with Gasteiger partial charge < -0.3 is 15.1 Å². The highest BCUT2D eigenvalue weighted by Crippen LogP contribution is 2.31. The molecule has 0 atom stereocenters. The van der Waals surface area contributed by atoms with Crippen LogP contribution in [0.3, 0.4) is 0 Å². The Morgan fingerprint density at radius 1 is 1.21 bits per heavy atom. The van der Waals surface area contributed by atoms with E-state index < -0.39 is 0 Å². The lowest BCUT2D eigenvalue weighted by atomic mass is 10.2. The van der Waals surface area contributed by atoms with E-state index in [4.69, 9.17) is 11.6 Å². The van der Waals surface area contributed by atoms with E-state index in [1.807, 2.05) is 25.4 Å². The average Bonchev–Trinajstić information content (AvgIpc) is 3.32. The van der Waals surface area contributed by atoms with Crippen LogP contribution in [0.4, 0.5) is 11.4 Å². The number of piperazine rings is 1. The molecule has 4 rings (SSSR count). The van der Waals surface area contributed by atoms with Crippen LogP contribution in [0.1, 0.15) is 10.5 Å². The van der Waals surface area contributed by atoms with Gasteiger partial charge in [-0.2, -0.15) is 5.10 Å². The van der Waals surface area contributed by atoms with Crippen molar-refractivity contribution in [2.24, 2.45) is 7.05 Å². The fourth-order valence-electron chi connectivity index (χ4n) is 3.16. The van der Waals surface area contributed by atoms with Crippen LogP contribution in [-0.4, -0.2) is 58.8 Å². The minimum Gasteiger partial charge on any atom is -0.367 e. The molecule has 3 heterocycles. The number of nitrogens with one attached hydrogen (secondary N) is 1. The fraction of sp³-hybridized carbons (Fsp3) is 0.316. The number of rotatable bonds is 4. The molecule has 0 saturated carbocycles. The number of thiazole rings is 1. The van der Waals surface area contributed by atoms with Gasteiger partial charge in [0.1, 0.15) is 10.7 Å². The molecule has 9 heteroatoms. The van der Waals surface area contributed by atoms with Gasteiger partial charge in [-0.05, 0) is 25.2 Å². The lowest BCUT2D eigenvalue weighted by Gasteiger charge is -2.35. The smallest absolute Gasteiger partial charge is 0.275 e. The Hall–Kier alpha value is -2.42. The molecule has 0 aliphatic carbocycles. The molecule has 0 spiro atoms. The zero-order valence-corrected chi connectivity index (χ0v) is 17.3. The van der Waals surface area contributed by atoms with Crippen LogP contribution < -0.4 is 10.2 Å². The molecule has 1 aliphatic heterocycles. The number of benzene rings is 1. The zero-order chi connectivity index (χ0) is 19.7. The van der Waals surface area contributed by atoms with Gasteiger partial charge in [-0.15, -0.1) is 11.3 Å². The van der Waals surface area contributed by atoms with Crippen molar-refractivity contribution in [3.05, 3.63) is 46.7 Å². The van der Waals surface area contributed by atoms with Gasteiger partial charge in [-0.25, -0.2) is 4.98 Å². The second-order valence-corrected chi connectivity index (χ2v) is 8.14. The van der Waals surface area contributed by atoms with E-state index >= 15 is 0 Å². The average molecular weight is 417 g/mol. The Kier molecular flexibility index (Phi) is 5.34. The highest BCUT2D eigenvalue weighted by Gasteiger charge is 2.20. The number of carbonyl (C=O) groups excluding carboxylic acids is 1. The Bertz CT molecular complexity index is 992. The maximum absolute atomic E-state index is 12.8. The predicted octanol–water partition coefficient (Wildman–Crippen LogP) is 3.20. The summed E-state index contributed by atoms with van der Waals surface area (Å²) in [5.74, 6) is -0.246. The minimum absolute atomic E-state index is 0.246. The summed E-state index contributed by atoms with van der Waals surface area (Å²) in [6.07, 6.45) is 3.62. The lowest BCUT2D eigenvalue weighted by Crippen LogP contribution is -2.44. The number of hydrogen-bond donors (Lipinski definition) is 1. The number of carbonyl (C=O) groups is 1. The molecule has 1 saturated heterocycles. The Labute approximate surface area is 172 Å². The Morgan fingerprint density at radius 2 is 2.00 bits per heavy atom. The van der Waals surface area contributed by atoms with E-state index in [9.17, 15) is 4.79 Å². The van der Waals surface area contributed by atoms with Crippen LogP contribution in [0, 0.1) is 0 Å². The van der Waals surface area contributed by atoms with Gasteiger partial charge in [0, 0.05) is 55.4 Å². The van der Waals surface area contributed by atoms with Crippen LogP contribution in [0.2, 0.25) is 5.02 Å². The summed E-state index contributed by atoms with van der Waals surface area (Å²) in [6.45, 7) is 3.78.